The van der Waals surface area contributed by atoms with Crippen LogP contribution in [0.5, 0.6) is 0 Å². The molecule has 0 fully saturated rings. The molecule has 0 aromatic carbocycles. The molecule has 0 aliphatic carbocycles. The maximum atomic E-state index is 10.4. The van der Waals surface area contributed by atoms with Crippen LogP contribution in [0.25, 0.3) is 0 Å². The molecule has 0 bridgehead atoms. The van der Waals surface area contributed by atoms with E-state index >= 15 is 0 Å². The molecule has 1 aromatic rings. The van der Waals surface area contributed by atoms with Gasteiger partial charge in [0.2, 0.25) is 0 Å². The van der Waals surface area contributed by atoms with Crippen LogP contribution in [0.2, 0.25) is 0 Å². The number of hydrogen-bond donors (Lipinski definition) is 1. The zero-order chi connectivity index (χ0) is 15.0. The number of unbranched alkanes of at least 4 members (excludes halogenated alkanes) is 3. The molecule has 0 amide bonds. The average Bonchev–Trinajstić information content (AvgIpc) is 2.86. The van der Waals surface area contributed by atoms with Gasteiger partial charge in [-0.3, -0.25) is 4.79 Å². The Morgan fingerprint density at radius 2 is 2.05 bits per heavy atom. The first-order valence-corrected chi connectivity index (χ1v) is 8.21. The van der Waals surface area contributed by atoms with Gasteiger partial charge >= 0.3 is 5.97 Å². The first-order chi connectivity index (χ1) is 9.47. The van der Waals surface area contributed by atoms with Gasteiger partial charge in [0.1, 0.15) is 6.33 Å². The van der Waals surface area contributed by atoms with Crippen LogP contribution in [0.4, 0.5) is 0 Å². The molecule has 1 aromatic heterocycles. The molecule has 20 heavy (non-hydrogen) atoms. The Kier molecular flexibility index (Phi) is 7.05. The molecular formula is C14H25N3O2S. The lowest BCUT2D eigenvalue weighted by Crippen LogP contribution is -2.27. The summed E-state index contributed by atoms with van der Waals surface area (Å²) < 4.78 is 2.00. The van der Waals surface area contributed by atoms with Crippen molar-refractivity contribution in [2.75, 3.05) is 5.75 Å². The van der Waals surface area contributed by atoms with E-state index in [2.05, 4.69) is 30.9 Å². The number of hydrogen-bond acceptors (Lipinski definition) is 4. The summed E-state index contributed by atoms with van der Waals surface area (Å²) in [6.07, 6.45) is 6.84. The minimum absolute atomic E-state index is 0.000318. The van der Waals surface area contributed by atoms with Crippen molar-refractivity contribution in [3.63, 3.8) is 0 Å². The topological polar surface area (TPSA) is 68.0 Å². The molecule has 1 N–H and O–H groups in total. The minimum atomic E-state index is -0.700. The number of aliphatic carboxylic acids is 1. The van der Waals surface area contributed by atoms with E-state index in [1.807, 2.05) is 4.68 Å². The molecule has 1 heterocycles. The molecule has 5 nitrogen and oxygen atoms in total. The van der Waals surface area contributed by atoms with E-state index in [1.54, 1.807) is 18.1 Å². The third-order valence-corrected chi connectivity index (χ3v) is 4.50. The highest BCUT2D eigenvalue weighted by Crippen LogP contribution is 2.25. The zero-order valence-electron chi connectivity index (χ0n) is 12.6. The van der Waals surface area contributed by atoms with Crippen LogP contribution in [0.1, 0.15) is 59.3 Å². The molecule has 0 atom stereocenters. The normalized spacial score (nSPS) is 11.8. The monoisotopic (exact) mass is 299 g/mol. The maximum Gasteiger partial charge on any atom is 0.303 e. The van der Waals surface area contributed by atoms with Crippen LogP contribution in [-0.4, -0.2) is 31.6 Å². The van der Waals surface area contributed by atoms with Gasteiger partial charge in [0.05, 0.1) is 5.54 Å². The smallest absolute Gasteiger partial charge is 0.303 e. The number of carboxylic acid groups (broad SMARTS) is 1. The number of nitrogens with zero attached hydrogens (tertiary/aromatic N) is 3. The van der Waals surface area contributed by atoms with E-state index in [-0.39, 0.29) is 12.0 Å². The standard InChI is InChI=1S/C14H25N3O2S/c1-4-14(2,3)17-13(15-11-16-17)20-10-8-6-5-7-9-12(18)19/h11H,4-10H2,1-3H3,(H,18,19). The molecule has 0 spiro atoms. The summed E-state index contributed by atoms with van der Waals surface area (Å²) in [7, 11) is 0. The summed E-state index contributed by atoms with van der Waals surface area (Å²) in [6.45, 7) is 6.48. The lowest BCUT2D eigenvalue weighted by Gasteiger charge is -2.24. The number of carboxylic acids is 1. The molecule has 0 aliphatic heterocycles. The Morgan fingerprint density at radius 3 is 2.70 bits per heavy atom. The minimum Gasteiger partial charge on any atom is -0.481 e. The van der Waals surface area contributed by atoms with E-state index in [9.17, 15) is 4.79 Å². The van der Waals surface area contributed by atoms with Crippen molar-refractivity contribution in [3.8, 4) is 0 Å². The molecule has 6 heteroatoms. The second-order valence-corrected chi connectivity index (χ2v) is 6.59. The fraction of sp³-hybridized carbons (Fsp3) is 0.786. The highest BCUT2D eigenvalue weighted by atomic mass is 32.2. The summed E-state index contributed by atoms with van der Waals surface area (Å²) >= 11 is 1.73. The van der Waals surface area contributed by atoms with Crippen LogP contribution < -0.4 is 0 Å². The van der Waals surface area contributed by atoms with Crippen molar-refractivity contribution in [3.05, 3.63) is 6.33 Å². The van der Waals surface area contributed by atoms with Crippen LogP contribution in [0, 0.1) is 0 Å². The van der Waals surface area contributed by atoms with Crippen molar-refractivity contribution in [2.24, 2.45) is 0 Å². The molecule has 0 radical (unpaired) electrons. The summed E-state index contributed by atoms with van der Waals surface area (Å²) in [5.74, 6) is 0.306. The van der Waals surface area contributed by atoms with Crippen molar-refractivity contribution in [2.45, 2.75) is 70.0 Å². The van der Waals surface area contributed by atoms with Crippen LogP contribution >= 0.6 is 11.8 Å². The highest BCUT2D eigenvalue weighted by Gasteiger charge is 2.22. The van der Waals surface area contributed by atoms with Gasteiger partial charge in [-0.05, 0) is 33.1 Å². The van der Waals surface area contributed by atoms with Gasteiger partial charge in [-0.2, -0.15) is 5.10 Å². The molecule has 0 saturated heterocycles. The molecule has 1 rings (SSSR count). The van der Waals surface area contributed by atoms with Crippen molar-refractivity contribution in [1.82, 2.24) is 14.8 Å². The molecule has 0 saturated carbocycles. The highest BCUT2D eigenvalue weighted by molar-refractivity contribution is 7.99. The Labute approximate surface area is 125 Å². The molecular weight excluding hydrogens is 274 g/mol. The third-order valence-electron chi connectivity index (χ3n) is 3.47. The zero-order valence-corrected chi connectivity index (χ0v) is 13.4. The Morgan fingerprint density at radius 1 is 1.35 bits per heavy atom. The van der Waals surface area contributed by atoms with Crippen LogP contribution in [0.3, 0.4) is 0 Å². The SMILES string of the molecule is CCC(C)(C)n1ncnc1SCCCCCCC(=O)O. The van der Waals surface area contributed by atoms with Crippen molar-refractivity contribution < 1.29 is 9.90 Å². The fourth-order valence-corrected chi connectivity index (χ4v) is 2.86. The predicted molar refractivity (Wildman–Crippen MR) is 81.1 cm³/mol. The summed E-state index contributed by atoms with van der Waals surface area (Å²) in [5.41, 5.74) is 0.000318. The summed E-state index contributed by atoms with van der Waals surface area (Å²) in [6, 6.07) is 0. The van der Waals surface area contributed by atoms with E-state index in [4.69, 9.17) is 5.11 Å². The second kappa shape index (κ2) is 8.29. The Balaban J connectivity index is 2.26. The number of carbonyl (C=O) groups is 1. The average molecular weight is 299 g/mol. The summed E-state index contributed by atoms with van der Waals surface area (Å²) in [4.78, 5) is 14.7. The van der Waals surface area contributed by atoms with Gasteiger partial charge in [-0.25, -0.2) is 9.67 Å². The van der Waals surface area contributed by atoms with E-state index in [1.165, 1.54) is 0 Å². The predicted octanol–water partition coefficient (Wildman–Crippen LogP) is 3.55. The van der Waals surface area contributed by atoms with Crippen LogP contribution in [0.15, 0.2) is 11.5 Å². The Hall–Kier alpha value is -1.04. The first-order valence-electron chi connectivity index (χ1n) is 7.22. The van der Waals surface area contributed by atoms with E-state index in [0.29, 0.717) is 0 Å². The third kappa shape index (κ3) is 5.53. The van der Waals surface area contributed by atoms with Gasteiger partial charge in [0.25, 0.3) is 0 Å². The van der Waals surface area contributed by atoms with Gasteiger partial charge in [-0.1, -0.05) is 31.5 Å². The molecule has 0 unspecified atom stereocenters. The lowest BCUT2D eigenvalue weighted by molar-refractivity contribution is -0.137. The lowest BCUT2D eigenvalue weighted by atomic mass is 10.0. The molecule has 0 aliphatic rings. The maximum absolute atomic E-state index is 10.4. The van der Waals surface area contributed by atoms with Crippen LogP contribution in [-0.2, 0) is 10.3 Å². The second-order valence-electron chi connectivity index (χ2n) is 5.53. The van der Waals surface area contributed by atoms with Crippen molar-refractivity contribution in [1.29, 1.82) is 0 Å². The molecule has 114 valence electrons. The van der Waals surface area contributed by atoms with Gasteiger partial charge in [0.15, 0.2) is 5.16 Å². The quantitative estimate of drug-likeness (QED) is 0.528. The summed E-state index contributed by atoms with van der Waals surface area (Å²) in [5, 5.41) is 13.8. The number of rotatable bonds is 10. The van der Waals surface area contributed by atoms with E-state index in [0.717, 1.165) is 43.0 Å². The van der Waals surface area contributed by atoms with Gasteiger partial charge in [-0.15, -0.1) is 0 Å². The van der Waals surface area contributed by atoms with E-state index < -0.39 is 5.97 Å². The first kappa shape index (κ1) is 17.0. The number of aromatic nitrogens is 3. The number of thioether (sulfide) groups is 1. The van der Waals surface area contributed by atoms with Crippen molar-refractivity contribution >= 4 is 17.7 Å². The van der Waals surface area contributed by atoms with Gasteiger partial charge < -0.3 is 5.11 Å². The van der Waals surface area contributed by atoms with Gasteiger partial charge in [0, 0.05) is 12.2 Å². The largest absolute Gasteiger partial charge is 0.481 e. The fourth-order valence-electron chi connectivity index (χ4n) is 1.79. The Bertz CT molecular complexity index is 418.